The Balaban J connectivity index is 1.94. The third-order valence-corrected chi connectivity index (χ3v) is 6.89. The third kappa shape index (κ3) is 4.33. The van der Waals surface area contributed by atoms with Crippen LogP contribution in [0.15, 0.2) is 43.5 Å². The predicted molar refractivity (Wildman–Crippen MR) is 93.2 cm³/mol. The van der Waals surface area contributed by atoms with Gasteiger partial charge >= 0.3 is 0 Å². The van der Waals surface area contributed by atoms with Crippen molar-refractivity contribution in [2.24, 2.45) is 0 Å². The Labute approximate surface area is 139 Å². The van der Waals surface area contributed by atoms with Crippen molar-refractivity contribution in [1.29, 1.82) is 0 Å². The fourth-order valence-electron chi connectivity index (χ4n) is 1.74. The molecule has 102 valence electrons. The molecular formula is C14H15Br2NS2. The zero-order valence-electron chi connectivity index (χ0n) is 10.7. The Bertz CT molecular complexity index is 517. The molecule has 0 fully saturated rings. The summed E-state index contributed by atoms with van der Waals surface area (Å²) < 4.78 is 2.28. The third-order valence-electron chi connectivity index (χ3n) is 2.89. The highest BCUT2D eigenvalue weighted by atomic mass is 79.9. The Morgan fingerprint density at radius 3 is 2.47 bits per heavy atom. The van der Waals surface area contributed by atoms with Crippen LogP contribution in [0.25, 0.3) is 0 Å². The predicted octanol–water partition coefficient (Wildman–Crippen LogP) is 5.85. The maximum atomic E-state index is 3.56. The van der Waals surface area contributed by atoms with Gasteiger partial charge in [-0.05, 0) is 68.8 Å². The van der Waals surface area contributed by atoms with E-state index in [1.807, 2.05) is 0 Å². The largest absolute Gasteiger partial charge is 0.305 e. The Morgan fingerprint density at radius 2 is 1.95 bits per heavy atom. The molecule has 0 aliphatic heterocycles. The van der Waals surface area contributed by atoms with Gasteiger partial charge in [0.1, 0.15) is 0 Å². The van der Waals surface area contributed by atoms with Crippen LogP contribution >= 0.6 is 55.0 Å². The number of halogens is 2. The number of hydrogen-bond donors (Lipinski definition) is 1. The van der Waals surface area contributed by atoms with E-state index in [1.165, 1.54) is 15.3 Å². The van der Waals surface area contributed by atoms with Crippen LogP contribution in [-0.4, -0.2) is 6.26 Å². The maximum Gasteiger partial charge on any atom is 0.0843 e. The van der Waals surface area contributed by atoms with Crippen molar-refractivity contribution in [3.05, 3.63) is 49.0 Å². The summed E-state index contributed by atoms with van der Waals surface area (Å²) in [5.74, 6) is 0. The van der Waals surface area contributed by atoms with Gasteiger partial charge < -0.3 is 5.32 Å². The summed E-state index contributed by atoms with van der Waals surface area (Å²) in [6, 6.07) is 11.3. The normalized spacial score (nSPS) is 12.6. The van der Waals surface area contributed by atoms with Crippen molar-refractivity contribution in [3.8, 4) is 0 Å². The molecule has 1 aromatic carbocycles. The van der Waals surface area contributed by atoms with E-state index in [2.05, 4.69) is 80.7 Å². The van der Waals surface area contributed by atoms with Gasteiger partial charge in [-0.1, -0.05) is 12.1 Å². The minimum atomic E-state index is 0.357. The molecule has 0 aliphatic carbocycles. The van der Waals surface area contributed by atoms with Gasteiger partial charge in [0.05, 0.1) is 3.79 Å². The first-order valence-electron chi connectivity index (χ1n) is 5.91. The van der Waals surface area contributed by atoms with Gasteiger partial charge in [-0.25, -0.2) is 0 Å². The molecule has 0 saturated carbocycles. The fraction of sp³-hybridized carbons (Fsp3) is 0.286. The molecule has 1 nitrogen and oxygen atoms in total. The van der Waals surface area contributed by atoms with Gasteiger partial charge in [0.2, 0.25) is 0 Å². The van der Waals surface area contributed by atoms with Crippen molar-refractivity contribution in [2.45, 2.75) is 24.4 Å². The number of rotatable bonds is 5. The van der Waals surface area contributed by atoms with Gasteiger partial charge in [0.25, 0.3) is 0 Å². The van der Waals surface area contributed by atoms with Crippen molar-refractivity contribution in [1.82, 2.24) is 5.32 Å². The summed E-state index contributed by atoms with van der Waals surface area (Å²) in [6.07, 6.45) is 2.10. The molecule has 5 heteroatoms. The van der Waals surface area contributed by atoms with E-state index in [-0.39, 0.29) is 0 Å². The molecule has 1 N–H and O–H groups in total. The van der Waals surface area contributed by atoms with Crippen LogP contribution in [0.4, 0.5) is 0 Å². The summed E-state index contributed by atoms with van der Waals surface area (Å²) in [4.78, 5) is 2.63. The number of benzene rings is 1. The Morgan fingerprint density at radius 1 is 1.26 bits per heavy atom. The Kier molecular flexibility index (Phi) is 5.96. The fourth-order valence-corrected chi connectivity index (χ4v) is 4.28. The molecule has 0 amide bonds. The van der Waals surface area contributed by atoms with E-state index in [0.717, 1.165) is 14.8 Å². The topological polar surface area (TPSA) is 12.0 Å². The van der Waals surface area contributed by atoms with Crippen LogP contribution < -0.4 is 5.32 Å². The quantitative estimate of drug-likeness (QED) is 0.609. The van der Waals surface area contributed by atoms with Gasteiger partial charge in [-0.15, -0.1) is 23.1 Å². The van der Waals surface area contributed by atoms with E-state index >= 15 is 0 Å². The first-order valence-corrected chi connectivity index (χ1v) is 9.54. The lowest BCUT2D eigenvalue weighted by Gasteiger charge is -2.13. The lowest BCUT2D eigenvalue weighted by Crippen LogP contribution is -2.17. The Hall–Kier alpha value is 0.190. The SMILES string of the molecule is CSc1ccc(C(C)NCc2cc(Br)c(Br)s2)cc1. The summed E-state index contributed by atoms with van der Waals surface area (Å²) in [5, 5.41) is 3.56. The minimum Gasteiger partial charge on any atom is -0.305 e. The highest BCUT2D eigenvalue weighted by Gasteiger charge is 2.08. The van der Waals surface area contributed by atoms with Crippen LogP contribution in [0, 0.1) is 0 Å². The highest BCUT2D eigenvalue weighted by molar-refractivity contribution is 9.13. The van der Waals surface area contributed by atoms with Crippen LogP contribution in [0.2, 0.25) is 0 Å². The second-order valence-electron chi connectivity index (χ2n) is 4.21. The zero-order valence-corrected chi connectivity index (χ0v) is 15.5. The van der Waals surface area contributed by atoms with Crippen molar-refractivity contribution < 1.29 is 0 Å². The molecular weight excluding hydrogens is 406 g/mol. The first-order chi connectivity index (χ1) is 9.10. The molecule has 19 heavy (non-hydrogen) atoms. The maximum absolute atomic E-state index is 3.56. The summed E-state index contributed by atoms with van der Waals surface area (Å²) in [7, 11) is 0. The van der Waals surface area contributed by atoms with Crippen LogP contribution in [-0.2, 0) is 6.54 Å². The second kappa shape index (κ2) is 7.27. The number of hydrogen-bond acceptors (Lipinski definition) is 3. The molecule has 1 heterocycles. The molecule has 1 aromatic heterocycles. The van der Waals surface area contributed by atoms with Crippen LogP contribution in [0.5, 0.6) is 0 Å². The zero-order chi connectivity index (χ0) is 13.8. The lowest BCUT2D eigenvalue weighted by atomic mass is 10.1. The summed E-state index contributed by atoms with van der Waals surface area (Å²) >= 11 is 10.6. The summed E-state index contributed by atoms with van der Waals surface area (Å²) in [5.41, 5.74) is 1.33. The average molecular weight is 421 g/mol. The van der Waals surface area contributed by atoms with E-state index in [0.29, 0.717) is 6.04 Å². The monoisotopic (exact) mass is 419 g/mol. The average Bonchev–Trinajstić information content (AvgIpc) is 2.75. The lowest BCUT2D eigenvalue weighted by molar-refractivity contribution is 0.578. The smallest absolute Gasteiger partial charge is 0.0843 e. The number of thiophene rings is 1. The highest BCUT2D eigenvalue weighted by Crippen LogP contribution is 2.32. The molecule has 0 aliphatic rings. The van der Waals surface area contributed by atoms with E-state index in [9.17, 15) is 0 Å². The summed E-state index contributed by atoms with van der Waals surface area (Å²) in [6.45, 7) is 3.09. The van der Waals surface area contributed by atoms with Crippen LogP contribution in [0.3, 0.4) is 0 Å². The molecule has 0 saturated heterocycles. The van der Waals surface area contributed by atoms with E-state index in [4.69, 9.17) is 0 Å². The van der Waals surface area contributed by atoms with E-state index in [1.54, 1.807) is 23.1 Å². The minimum absolute atomic E-state index is 0.357. The molecule has 0 radical (unpaired) electrons. The van der Waals surface area contributed by atoms with Crippen molar-refractivity contribution in [3.63, 3.8) is 0 Å². The molecule has 0 bridgehead atoms. The van der Waals surface area contributed by atoms with Crippen molar-refractivity contribution >= 4 is 55.0 Å². The molecule has 2 aromatic rings. The van der Waals surface area contributed by atoms with Gasteiger partial charge in [0.15, 0.2) is 0 Å². The molecule has 1 atom stereocenters. The van der Waals surface area contributed by atoms with Crippen LogP contribution in [0.1, 0.15) is 23.4 Å². The molecule has 0 spiro atoms. The van der Waals surface area contributed by atoms with Gasteiger partial charge in [0, 0.05) is 26.8 Å². The number of thioether (sulfide) groups is 1. The molecule has 1 unspecified atom stereocenters. The van der Waals surface area contributed by atoms with Gasteiger partial charge in [-0.2, -0.15) is 0 Å². The second-order valence-corrected chi connectivity index (χ2v) is 8.40. The number of nitrogens with one attached hydrogen (secondary N) is 1. The standard InChI is InChI=1S/C14H15Br2NS2/c1-9(10-3-5-11(18-2)6-4-10)17-8-12-7-13(15)14(16)19-12/h3-7,9,17H,8H2,1-2H3. The van der Waals surface area contributed by atoms with E-state index < -0.39 is 0 Å². The van der Waals surface area contributed by atoms with Gasteiger partial charge in [-0.3, -0.25) is 0 Å². The first kappa shape index (κ1) is 15.6. The van der Waals surface area contributed by atoms with Crippen molar-refractivity contribution in [2.75, 3.05) is 6.26 Å². The molecule has 2 rings (SSSR count).